The van der Waals surface area contributed by atoms with Gasteiger partial charge in [-0.05, 0) is 25.0 Å². The Balaban J connectivity index is 1.65. The number of nitrogens with zero attached hydrogens (tertiary/aromatic N) is 1. The van der Waals surface area contributed by atoms with Crippen LogP contribution in [0.15, 0.2) is 24.3 Å². The van der Waals surface area contributed by atoms with Gasteiger partial charge < -0.3 is 15.5 Å². The van der Waals surface area contributed by atoms with Gasteiger partial charge in [-0.3, -0.25) is 9.59 Å². The summed E-state index contributed by atoms with van der Waals surface area (Å²) in [7, 11) is 0. The summed E-state index contributed by atoms with van der Waals surface area (Å²) in [5.41, 5.74) is 1.21. The summed E-state index contributed by atoms with van der Waals surface area (Å²) in [5.74, 6) is 2.05. The first kappa shape index (κ1) is 16.3. The second kappa shape index (κ2) is 7.84. The largest absolute Gasteiger partial charge is 0.339 e. The van der Waals surface area contributed by atoms with Crippen LogP contribution in [-0.2, 0) is 4.79 Å². The molecule has 2 N–H and O–H groups in total. The zero-order valence-corrected chi connectivity index (χ0v) is 14.0. The van der Waals surface area contributed by atoms with Crippen molar-refractivity contribution in [1.82, 2.24) is 10.2 Å². The van der Waals surface area contributed by atoms with Gasteiger partial charge in [0.05, 0.1) is 11.3 Å². The summed E-state index contributed by atoms with van der Waals surface area (Å²) in [6.45, 7) is 2.57. The number of thioether (sulfide) groups is 1. The van der Waals surface area contributed by atoms with Crippen LogP contribution >= 0.6 is 11.8 Å². The van der Waals surface area contributed by atoms with E-state index >= 15 is 0 Å². The lowest BCUT2D eigenvalue weighted by Gasteiger charge is -2.23. The molecule has 0 aromatic heterocycles. The molecule has 0 saturated carbocycles. The Morgan fingerprint density at radius 1 is 1.26 bits per heavy atom. The van der Waals surface area contributed by atoms with E-state index in [2.05, 4.69) is 10.6 Å². The van der Waals surface area contributed by atoms with E-state index in [-0.39, 0.29) is 17.9 Å². The summed E-state index contributed by atoms with van der Waals surface area (Å²) in [6, 6.07) is 7.52. The maximum absolute atomic E-state index is 12.6. The van der Waals surface area contributed by atoms with E-state index in [1.165, 1.54) is 0 Å². The molecule has 0 bridgehead atoms. The van der Waals surface area contributed by atoms with Crippen LogP contribution in [0.3, 0.4) is 0 Å². The van der Waals surface area contributed by atoms with E-state index in [4.69, 9.17) is 0 Å². The molecule has 124 valence electrons. The lowest BCUT2D eigenvalue weighted by molar-refractivity contribution is -0.116. The van der Waals surface area contributed by atoms with Crippen LogP contribution in [0.1, 0.15) is 29.6 Å². The Labute approximate surface area is 141 Å². The maximum atomic E-state index is 12.6. The molecule has 23 heavy (non-hydrogen) atoms. The quantitative estimate of drug-likeness (QED) is 0.884. The van der Waals surface area contributed by atoms with Gasteiger partial charge in [0.25, 0.3) is 5.91 Å². The minimum Gasteiger partial charge on any atom is -0.339 e. The van der Waals surface area contributed by atoms with E-state index in [9.17, 15) is 9.59 Å². The van der Waals surface area contributed by atoms with Gasteiger partial charge in [0.2, 0.25) is 5.91 Å². The molecule has 0 radical (unpaired) electrons. The molecule has 1 atom stereocenters. The number of hydrogen-bond acceptors (Lipinski definition) is 4. The summed E-state index contributed by atoms with van der Waals surface area (Å²) in [5, 5.41) is 6.29. The third-order valence-corrected chi connectivity index (χ3v) is 5.39. The van der Waals surface area contributed by atoms with Crippen molar-refractivity contribution in [1.29, 1.82) is 0 Å². The van der Waals surface area contributed by atoms with Crippen LogP contribution in [0, 0.1) is 0 Å². The number of benzene rings is 1. The topological polar surface area (TPSA) is 61.4 Å². The molecule has 2 amide bonds. The van der Waals surface area contributed by atoms with Gasteiger partial charge >= 0.3 is 0 Å². The second-order valence-electron chi connectivity index (χ2n) is 6.02. The number of hydrogen-bond donors (Lipinski definition) is 2. The van der Waals surface area contributed by atoms with Crippen molar-refractivity contribution >= 4 is 29.3 Å². The monoisotopic (exact) mass is 333 g/mol. The number of nitrogens with one attached hydrogen (secondary N) is 2. The predicted molar refractivity (Wildman–Crippen MR) is 93.9 cm³/mol. The summed E-state index contributed by atoms with van der Waals surface area (Å²) in [4.78, 5) is 26.8. The van der Waals surface area contributed by atoms with Crippen molar-refractivity contribution in [3.8, 4) is 0 Å². The fourth-order valence-electron chi connectivity index (χ4n) is 3.05. The van der Waals surface area contributed by atoms with Crippen molar-refractivity contribution in [3.05, 3.63) is 29.8 Å². The molecule has 0 spiro atoms. The third kappa shape index (κ3) is 4.26. The Hall–Kier alpha value is -1.53. The fraction of sp³-hybridized carbons (Fsp3) is 0.529. The van der Waals surface area contributed by atoms with Gasteiger partial charge in [0.15, 0.2) is 0 Å². The average molecular weight is 333 g/mol. The Morgan fingerprint density at radius 3 is 2.78 bits per heavy atom. The first-order valence-electron chi connectivity index (χ1n) is 8.23. The third-order valence-electron chi connectivity index (χ3n) is 4.26. The van der Waals surface area contributed by atoms with Crippen LogP contribution in [0.25, 0.3) is 0 Å². The number of carbonyl (C=O) groups is 2. The Bertz CT molecular complexity index is 567. The standard InChI is InChI=1S/C17H23N3O2S/c21-16(11-13-12-23-10-7-18-13)19-15-6-2-1-5-14(15)17(22)20-8-3-4-9-20/h1-2,5-6,13,18H,3-4,7-12H2,(H,19,21). The highest BCUT2D eigenvalue weighted by molar-refractivity contribution is 7.99. The lowest BCUT2D eigenvalue weighted by Crippen LogP contribution is -2.40. The van der Waals surface area contributed by atoms with Crippen molar-refractivity contribution in [3.63, 3.8) is 0 Å². The number of amides is 2. The van der Waals surface area contributed by atoms with Crippen LogP contribution in [0.2, 0.25) is 0 Å². The van der Waals surface area contributed by atoms with Gasteiger partial charge in [0.1, 0.15) is 0 Å². The normalized spacial score (nSPS) is 21.2. The highest BCUT2D eigenvalue weighted by Crippen LogP contribution is 2.21. The van der Waals surface area contributed by atoms with E-state index in [0.29, 0.717) is 17.7 Å². The van der Waals surface area contributed by atoms with Crippen molar-refractivity contribution < 1.29 is 9.59 Å². The Morgan fingerprint density at radius 2 is 2.04 bits per heavy atom. The smallest absolute Gasteiger partial charge is 0.255 e. The predicted octanol–water partition coefficient (Wildman–Crippen LogP) is 1.96. The molecule has 5 nitrogen and oxygen atoms in total. The zero-order valence-electron chi connectivity index (χ0n) is 13.2. The number of likely N-dealkylation sites (tertiary alicyclic amines) is 1. The van der Waals surface area contributed by atoms with Gasteiger partial charge in [-0.25, -0.2) is 0 Å². The van der Waals surface area contributed by atoms with Gasteiger partial charge in [-0.2, -0.15) is 11.8 Å². The molecule has 2 saturated heterocycles. The van der Waals surface area contributed by atoms with E-state index in [0.717, 1.165) is 44.0 Å². The van der Waals surface area contributed by atoms with Crippen LogP contribution in [0.5, 0.6) is 0 Å². The average Bonchev–Trinajstić information content (AvgIpc) is 3.10. The molecule has 1 unspecified atom stereocenters. The first-order chi connectivity index (χ1) is 11.2. The molecule has 2 aliphatic rings. The van der Waals surface area contributed by atoms with Gasteiger partial charge in [-0.15, -0.1) is 0 Å². The minimum atomic E-state index is -0.0355. The molecular weight excluding hydrogens is 310 g/mol. The number of anilines is 1. The van der Waals surface area contributed by atoms with E-state index in [1.54, 1.807) is 6.07 Å². The number of carbonyl (C=O) groups excluding carboxylic acids is 2. The molecule has 2 aliphatic heterocycles. The van der Waals surface area contributed by atoms with Crippen LogP contribution in [-0.4, -0.2) is 53.9 Å². The van der Waals surface area contributed by atoms with Gasteiger partial charge in [0, 0.05) is 43.6 Å². The minimum absolute atomic E-state index is 0.0183. The highest BCUT2D eigenvalue weighted by atomic mass is 32.2. The maximum Gasteiger partial charge on any atom is 0.255 e. The van der Waals surface area contributed by atoms with Crippen molar-refractivity contribution in [2.75, 3.05) is 36.5 Å². The molecular formula is C17H23N3O2S. The molecule has 1 aromatic rings. The highest BCUT2D eigenvalue weighted by Gasteiger charge is 2.23. The summed E-state index contributed by atoms with van der Waals surface area (Å²) >= 11 is 1.87. The SMILES string of the molecule is O=C(CC1CSCCN1)Nc1ccccc1C(=O)N1CCCC1. The zero-order chi connectivity index (χ0) is 16.1. The van der Waals surface area contributed by atoms with Crippen molar-refractivity contribution in [2.24, 2.45) is 0 Å². The molecule has 2 fully saturated rings. The molecule has 0 aliphatic carbocycles. The van der Waals surface area contributed by atoms with Crippen molar-refractivity contribution in [2.45, 2.75) is 25.3 Å². The number of para-hydroxylation sites is 1. The molecule has 3 rings (SSSR count). The van der Waals surface area contributed by atoms with Gasteiger partial charge in [-0.1, -0.05) is 12.1 Å². The van der Waals surface area contributed by atoms with Crippen LogP contribution in [0.4, 0.5) is 5.69 Å². The Kier molecular flexibility index (Phi) is 5.56. The lowest BCUT2D eigenvalue weighted by atomic mass is 10.1. The van der Waals surface area contributed by atoms with Crippen LogP contribution < -0.4 is 10.6 Å². The first-order valence-corrected chi connectivity index (χ1v) is 9.39. The van der Waals surface area contributed by atoms with E-state index < -0.39 is 0 Å². The fourth-order valence-corrected chi connectivity index (χ4v) is 3.99. The number of rotatable bonds is 4. The molecule has 6 heteroatoms. The molecule has 1 aromatic carbocycles. The summed E-state index contributed by atoms with van der Waals surface area (Å²) in [6.07, 6.45) is 2.57. The second-order valence-corrected chi connectivity index (χ2v) is 7.17. The summed E-state index contributed by atoms with van der Waals surface area (Å²) < 4.78 is 0. The van der Waals surface area contributed by atoms with E-state index in [1.807, 2.05) is 34.9 Å². The molecule has 2 heterocycles.